The summed E-state index contributed by atoms with van der Waals surface area (Å²) in [7, 11) is 1.57. The Hall–Kier alpha value is -1.80. The number of para-hydroxylation sites is 1. The van der Waals surface area contributed by atoms with Crippen LogP contribution in [0.1, 0.15) is 22.3 Å². The third-order valence-corrected chi connectivity index (χ3v) is 3.21. The number of rotatable bonds is 5. The zero-order chi connectivity index (χ0) is 13.7. The number of hydrogen-bond acceptors (Lipinski definition) is 2. The maximum absolute atomic E-state index is 12.2. The molecule has 0 aliphatic heterocycles. The van der Waals surface area contributed by atoms with E-state index >= 15 is 0 Å². The summed E-state index contributed by atoms with van der Waals surface area (Å²) in [5.74, 6) is 0.719. The van der Waals surface area contributed by atoms with Crippen LogP contribution < -0.4 is 4.74 Å². The molecule has 2 rings (SSSR count). The molecule has 0 fully saturated rings. The molecule has 0 aliphatic rings. The molecule has 2 aromatic rings. The zero-order valence-corrected chi connectivity index (χ0v) is 11.5. The van der Waals surface area contributed by atoms with Crippen LogP contribution in [0.5, 0.6) is 5.75 Å². The quantitative estimate of drug-likeness (QED) is 0.765. The Morgan fingerprint density at radius 2 is 1.79 bits per heavy atom. The van der Waals surface area contributed by atoms with Crippen molar-refractivity contribution in [2.24, 2.45) is 0 Å². The number of ketones is 1. The largest absolute Gasteiger partial charge is 0.496 e. The highest BCUT2D eigenvalue weighted by molar-refractivity contribution is 6.30. The smallest absolute Gasteiger partial charge is 0.166 e. The normalized spacial score (nSPS) is 10.2. The van der Waals surface area contributed by atoms with E-state index in [1.165, 1.54) is 0 Å². The molecule has 0 radical (unpaired) electrons. The minimum Gasteiger partial charge on any atom is -0.496 e. The number of halogens is 1. The topological polar surface area (TPSA) is 26.3 Å². The van der Waals surface area contributed by atoms with Crippen molar-refractivity contribution in [1.82, 2.24) is 0 Å². The van der Waals surface area contributed by atoms with Crippen molar-refractivity contribution >= 4 is 17.4 Å². The average Bonchev–Trinajstić information content (AvgIpc) is 2.46. The van der Waals surface area contributed by atoms with E-state index in [9.17, 15) is 4.79 Å². The van der Waals surface area contributed by atoms with Gasteiger partial charge in [0.1, 0.15) is 5.75 Å². The Balaban J connectivity index is 2.03. The van der Waals surface area contributed by atoms with Crippen LogP contribution >= 0.6 is 11.6 Å². The molecule has 19 heavy (non-hydrogen) atoms. The van der Waals surface area contributed by atoms with Crippen LogP contribution in [-0.2, 0) is 6.42 Å². The second-order valence-electron chi connectivity index (χ2n) is 4.25. The number of carbonyl (C=O) groups excluding carboxylic acids is 1. The fourth-order valence-electron chi connectivity index (χ4n) is 1.92. The Morgan fingerprint density at radius 1 is 1.11 bits per heavy atom. The van der Waals surface area contributed by atoms with Gasteiger partial charge in [-0.25, -0.2) is 0 Å². The van der Waals surface area contributed by atoms with E-state index in [2.05, 4.69) is 0 Å². The first kappa shape index (κ1) is 13.6. The van der Waals surface area contributed by atoms with Crippen molar-refractivity contribution in [3.63, 3.8) is 0 Å². The van der Waals surface area contributed by atoms with Crippen LogP contribution in [0, 0.1) is 0 Å². The molecule has 0 spiro atoms. The molecule has 0 heterocycles. The minimum absolute atomic E-state index is 0.0902. The van der Waals surface area contributed by atoms with E-state index in [4.69, 9.17) is 16.3 Å². The van der Waals surface area contributed by atoms with Gasteiger partial charge in [-0.2, -0.15) is 0 Å². The van der Waals surface area contributed by atoms with Gasteiger partial charge in [0, 0.05) is 11.4 Å². The molecule has 0 aromatic heterocycles. The average molecular weight is 275 g/mol. The SMILES string of the molecule is COc1ccccc1C(=O)CCc1ccc(Cl)cc1. The number of benzene rings is 2. The van der Waals surface area contributed by atoms with E-state index in [1.807, 2.05) is 36.4 Å². The van der Waals surface area contributed by atoms with Crippen LogP contribution in [-0.4, -0.2) is 12.9 Å². The lowest BCUT2D eigenvalue weighted by Crippen LogP contribution is -2.03. The van der Waals surface area contributed by atoms with Gasteiger partial charge in [0.2, 0.25) is 0 Å². The summed E-state index contributed by atoms with van der Waals surface area (Å²) in [5, 5.41) is 0.708. The first-order valence-corrected chi connectivity index (χ1v) is 6.49. The van der Waals surface area contributed by atoms with Crippen LogP contribution in [0.3, 0.4) is 0 Å². The molecule has 0 bridgehead atoms. The van der Waals surface area contributed by atoms with Gasteiger partial charge >= 0.3 is 0 Å². The highest BCUT2D eigenvalue weighted by Crippen LogP contribution is 2.20. The zero-order valence-electron chi connectivity index (χ0n) is 10.7. The predicted octanol–water partition coefficient (Wildman–Crippen LogP) is 4.16. The van der Waals surface area contributed by atoms with E-state index in [0.29, 0.717) is 29.2 Å². The molecule has 2 nitrogen and oxygen atoms in total. The van der Waals surface area contributed by atoms with Gasteiger partial charge in [0.15, 0.2) is 5.78 Å². The number of carbonyl (C=O) groups is 1. The molecule has 0 unspecified atom stereocenters. The molecule has 0 saturated heterocycles. The predicted molar refractivity (Wildman–Crippen MR) is 77.1 cm³/mol. The van der Waals surface area contributed by atoms with E-state index < -0.39 is 0 Å². The molecule has 2 aromatic carbocycles. The maximum Gasteiger partial charge on any atom is 0.166 e. The summed E-state index contributed by atoms with van der Waals surface area (Å²) in [6.07, 6.45) is 1.16. The molecule has 3 heteroatoms. The van der Waals surface area contributed by atoms with Crippen molar-refractivity contribution in [3.8, 4) is 5.75 Å². The third kappa shape index (κ3) is 3.58. The number of aryl methyl sites for hydroxylation is 1. The van der Waals surface area contributed by atoms with Crippen molar-refractivity contribution in [2.45, 2.75) is 12.8 Å². The molecule has 0 N–H and O–H groups in total. The van der Waals surface area contributed by atoms with Crippen molar-refractivity contribution in [2.75, 3.05) is 7.11 Å². The van der Waals surface area contributed by atoms with Crippen molar-refractivity contribution in [3.05, 3.63) is 64.7 Å². The van der Waals surface area contributed by atoms with Crippen LogP contribution in [0.2, 0.25) is 5.02 Å². The van der Waals surface area contributed by atoms with Gasteiger partial charge in [0.05, 0.1) is 12.7 Å². The van der Waals surface area contributed by atoms with E-state index in [1.54, 1.807) is 19.2 Å². The van der Waals surface area contributed by atoms with Crippen molar-refractivity contribution < 1.29 is 9.53 Å². The maximum atomic E-state index is 12.2. The number of methoxy groups -OCH3 is 1. The number of ether oxygens (including phenoxy) is 1. The molecular weight excluding hydrogens is 260 g/mol. The summed E-state index contributed by atoms with van der Waals surface area (Å²) >= 11 is 5.83. The second-order valence-corrected chi connectivity index (χ2v) is 4.69. The highest BCUT2D eigenvalue weighted by Gasteiger charge is 2.11. The summed E-state index contributed by atoms with van der Waals surface area (Å²) < 4.78 is 5.20. The summed E-state index contributed by atoms with van der Waals surface area (Å²) in [6.45, 7) is 0. The Morgan fingerprint density at radius 3 is 2.47 bits per heavy atom. The van der Waals surface area contributed by atoms with Gasteiger partial charge in [-0.3, -0.25) is 4.79 Å². The Bertz CT molecular complexity index is 561. The Kier molecular flexibility index (Phi) is 4.58. The lowest BCUT2D eigenvalue weighted by molar-refractivity contribution is 0.0980. The standard InChI is InChI=1S/C16H15ClO2/c1-19-16-5-3-2-4-14(16)15(18)11-8-12-6-9-13(17)10-7-12/h2-7,9-10H,8,11H2,1H3. The number of Topliss-reactive ketones (excluding diaryl/α,β-unsaturated/α-hetero) is 1. The minimum atomic E-state index is 0.0902. The van der Waals surface area contributed by atoms with Gasteiger partial charge < -0.3 is 4.74 Å². The monoisotopic (exact) mass is 274 g/mol. The van der Waals surface area contributed by atoms with Crippen LogP contribution in [0.4, 0.5) is 0 Å². The van der Waals surface area contributed by atoms with Gasteiger partial charge in [-0.1, -0.05) is 35.9 Å². The van der Waals surface area contributed by atoms with Crippen LogP contribution in [0.25, 0.3) is 0 Å². The second kappa shape index (κ2) is 6.39. The lowest BCUT2D eigenvalue weighted by atomic mass is 10.0. The summed E-state index contributed by atoms with van der Waals surface area (Å²) in [6, 6.07) is 14.9. The molecule has 0 saturated carbocycles. The molecule has 0 aliphatic carbocycles. The fourth-order valence-corrected chi connectivity index (χ4v) is 2.04. The third-order valence-electron chi connectivity index (χ3n) is 2.96. The molecule has 98 valence electrons. The summed E-state index contributed by atoms with van der Waals surface area (Å²) in [4.78, 5) is 12.2. The molecular formula is C16H15ClO2. The highest BCUT2D eigenvalue weighted by atomic mass is 35.5. The molecule has 0 amide bonds. The van der Waals surface area contributed by atoms with Gasteiger partial charge in [-0.05, 0) is 36.2 Å². The summed E-state index contributed by atoms with van der Waals surface area (Å²) in [5.41, 5.74) is 1.74. The first-order valence-electron chi connectivity index (χ1n) is 6.11. The Labute approximate surface area is 118 Å². The van der Waals surface area contributed by atoms with Gasteiger partial charge in [-0.15, -0.1) is 0 Å². The fraction of sp³-hybridized carbons (Fsp3) is 0.188. The lowest BCUT2D eigenvalue weighted by Gasteiger charge is -2.07. The van der Waals surface area contributed by atoms with Crippen molar-refractivity contribution in [1.29, 1.82) is 0 Å². The molecule has 0 atom stereocenters. The number of hydrogen-bond donors (Lipinski definition) is 0. The van der Waals surface area contributed by atoms with E-state index in [0.717, 1.165) is 5.56 Å². The first-order chi connectivity index (χ1) is 9.20. The van der Waals surface area contributed by atoms with E-state index in [-0.39, 0.29) is 5.78 Å². The van der Waals surface area contributed by atoms with Crippen LogP contribution in [0.15, 0.2) is 48.5 Å². The van der Waals surface area contributed by atoms with Gasteiger partial charge in [0.25, 0.3) is 0 Å².